The molecule has 2 saturated heterocycles. The highest BCUT2D eigenvalue weighted by atomic mass is 19.1. The number of rotatable bonds is 4. The number of piperidine rings is 1. The lowest BCUT2D eigenvalue weighted by atomic mass is 9.76. The Labute approximate surface area is 173 Å². The summed E-state index contributed by atoms with van der Waals surface area (Å²) in [5, 5.41) is 11.4. The fourth-order valence-corrected chi connectivity index (χ4v) is 4.40. The molecule has 160 valence electrons. The Kier molecular flexibility index (Phi) is 5.62. The van der Waals surface area contributed by atoms with E-state index in [1.165, 1.54) is 7.11 Å². The van der Waals surface area contributed by atoms with Crippen LogP contribution < -0.4 is 4.74 Å². The molecule has 1 amide bonds. The third-order valence-electron chi connectivity index (χ3n) is 5.68. The zero-order valence-corrected chi connectivity index (χ0v) is 16.5. The van der Waals surface area contributed by atoms with Crippen LogP contribution in [0, 0.1) is 11.6 Å². The van der Waals surface area contributed by atoms with Crippen molar-refractivity contribution in [1.29, 1.82) is 0 Å². The SMILES string of the molecule is COc1c(F)cc(F)cc1C1(O)CC2COCC(C1)N2C(=O)OCc1ccccc1. The van der Waals surface area contributed by atoms with Gasteiger partial charge in [0.05, 0.1) is 38.0 Å². The Bertz CT molecular complexity index is 909. The molecule has 2 aliphatic heterocycles. The van der Waals surface area contributed by atoms with Crippen LogP contribution in [0.2, 0.25) is 0 Å². The first-order chi connectivity index (χ1) is 14.4. The van der Waals surface area contributed by atoms with Crippen molar-refractivity contribution in [2.24, 2.45) is 0 Å². The van der Waals surface area contributed by atoms with Crippen LogP contribution in [0.15, 0.2) is 42.5 Å². The number of nitrogens with zero attached hydrogens (tertiary/aromatic N) is 1. The molecule has 6 nitrogen and oxygen atoms in total. The number of ether oxygens (including phenoxy) is 3. The molecular weight excluding hydrogens is 396 g/mol. The average Bonchev–Trinajstić information content (AvgIpc) is 2.71. The summed E-state index contributed by atoms with van der Waals surface area (Å²) in [5.41, 5.74) is -0.665. The van der Waals surface area contributed by atoms with E-state index in [0.717, 1.165) is 11.6 Å². The van der Waals surface area contributed by atoms with E-state index in [1.807, 2.05) is 30.3 Å². The van der Waals surface area contributed by atoms with Gasteiger partial charge in [0.1, 0.15) is 12.4 Å². The van der Waals surface area contributed by atoms with Gasteiger partial charge in [-0.3, -0.25) is 4.90 Å². The molecule has 2 unspecified atom stereocenters. The van der Waals surface area contributed by atoms with Crippen LogP contribution >= 0.6 is 0 Å². The number of amides is 1. The molecule has 0 aromatic heterocycles. The summed E-state index contributed by atoms with van der Waals surface area (Å²) in [6, 6.07) is 10.1. The van der Waals surface area contributed by atoms with Crippen molar-refractivity contribution < 1.29 is 32.9 Å². The molecule has 0 spiro atoms. The molecule has 2 aromatic carbocycles. The van der Waals surface area contributed by atoms with Gasteiger partial charge >= 0.3 is 6.09 Å². The monoisotopic (exact) mass is 419 g/mol. The van der Waals surface area contributed by atoms with Crippen molar-refractivity contribution in [3.63, 3.8) is 0 Å². The maximum absolute atomic E-state index is 14.2. The first kappa shape index (κ1) is 20.6. The molecule has 2 aromatic rings. The van der Waals surface area contributed by atoms with Crippen molar-refractivity contribution in [3.05, 3.63) is 65.2 Å². The zero-order chi connectivity index (χ0) is 21.3. The van der Waals surface area contributed by atoms with Crippen molar-refractivity contribution >= 4 is 6.09 Å². The van der Waals surface area contributed by atoms with E-state index in [0.29, 0.717) is 6.07 Å². The van der Waals surface area contributed by atoms with Gasteiger partial charge in [0.2, 0.25) is 0 Å². The van der Waals surface area contributed by atoms with Crippen LogP contribution in [0.1, 0.15) is 24.0 Å². The molecule has 2 aliphatic rings. The van der Waals surface area contributed by atoms with Crippen LogP contribution in [-0.4, -0.2) is 48.5 Å². The molecule has 0 aliphatic carbocycles. The molecule has 1 N–H and O–H groups in total. The number of aliphatic hydroxyl groups is 1. The number of hydrogen-bond acceptors (Lipinski definition) is 5. The van der Waals surface area contributed by atoms with E-state index in [-0.39, 0.29) is 44.0 Å². The first-order valence-electron chi connectivity index (χ1n) is 9.74. The number of carbonyl (C=O) groups excluding carboxylic acids is 1. The summed E-state index contributed by atoms with van der Waals surface area (Å²) in [7, 11) is 1.27. The highest BCUT2D eigenvalue weighted by Crippen LogP contribution is 2.45. The lowest BCUT2D eigenvalue weighted by molar-refractivity contribution is -0.137. The van der Waals surface area contributed by atoms with Crippen LogP contribution in [0.5, 0.6) is 5.75 Å². The molecule has 2 heterocycles. The number of morpholine rings is 1. The van der Waals surface area contributed by atoms with Gasteiger partial charge in [0.25, 0.3) is 0 Å². The quantitative estimate of drug-likeness (QED) is 0.823. The minimum absolute atomic E-state index is 0.0386. The van der Waals surface area contributed by atoms with E-state index in [1.54, 1.807) is 4.90 Å². The molecular formula is C22H23F2NO5. The van der Waals surface area contributed by atoms with Gasteiger partial charge < -0.3 is 19.3 Å². The molecule has 8 heteroatoms. The predicted octanol–water partition coefficient (Wildman–Crippen LogP) is 3.36. The Morgan fingerprint density at radius 2 is 1.87 bits per heavy atom. The second kappa shape index (κ2) is 8.20. The summed E-state index contributed by atoms with van der Waals surface area (Å²) in [6.07, 6.45) is -0.413. The van der Waals surface area contributed by atoms with E-state index in [9.17, 15) is 18.7 Å². The highest BCUT2D eigenvalue weighted by Gasteiger charge is 2.50. The van der Waals surface area contributed by atoms with Gasteiger partial charge in [-0.25, -0.2) is 13.6 Å². The third-order valence-corrected chi connectivity index (χ3v) is 5.68. The molecule has 30 heavy (non-hydrogen) atoms. The van der Waals surface area contributed by atoms with Gasteiger partial charge in [-0.1, -0.05) is 30.3 Å². The second-order valence-corrected chi connectivity index (χ2v) is 7.70. The highest BCUT2D eigenvalue weighted by molar-refractivity contribution is 5.69. The Morgan fingerprint density at radius 3 is 2.50 bits per heavy atom. The molecule has 4 rings (SSSR count). The first-order valence-corrected chi connectivity index (χ1v) is 9.74. The number of fused-ring (bicyclic) bond motifs is 2. The zero-order valence-electron chi connectivity index (χ0n) is 16.5. The number of hydrogen-bond donors (Lipinski definition) is 1. The summed E-state index contributed by atoms with van der Waals surface area (Å²) in [4.78, 5) is 14.4. The van der Waals surface area contributed by atoms with Crippen molar-refractivity contribution in [1.82, 2.24) is 4.90 Å². The fraction of sp³-hybridized carbons (Fsp3) is 0.409. The summed E-state index contributed by atoms with van der Waals surface area (Å²) in [6.45, 7) is 0.516. The minimum Gasteiger partial charge on any atom is -0.493 e. The Balaban J connectivity index is 1.56. The number of carbonyl (C=O) groups is 1. The van der Waals surface area contributed by atoms with Gasteiger partial charge in [-0.2, -0.15) is 0 Å². The van der Waals surface area contributed by atoms with Gasteiger partial charge in [-0.05, 0) is 11.6 Å². The van der Waals surface area contributed by atoms with Gasteiger partial charge in [0, 0.05) is 24.5 Å². The Morgan fingerprint density at radius 1 is 1.20 bits per heavy atom. The maximum Gasteiger partial charge on any atom is 0.410 e. The number of benzene rings is 2. The third kappa shape index (κ3) is 3.85. The summed E-state index contributed by atoms with van der Waals surface area (Å²) in [5.74, 6) is -1.88. The van der Waals surface area contributed by atoms with Crippen LogP contribution in [0.3, 0.4) is 0 Å². The Hall–Kier alpha value is -2.71. The fourth-order valence-electron chi connectivity index (χ4n) is 4.40. The molecule has 0 radical (unpaired) electrons. The lowest BCUT2D eigenvalue weighted by Crippen LogP contribution is -2.62. The van der Waals surface area contributed by atoms with Crippen LogP contribution in [0.25, 0.3) is 0 Å². The predicted molar refractivity (Wildman–Crippen MR) is 103 cm³/mol. The van der Waals surface area contributed by atoms with Crippen molar-refractivity contribution in [3.8, 4) is 5.75 Å². The van der Waals surface area contributed by atoms with E-state index in [2.05, 4.69) is 0 Å². The topological polar surface area (TPSA) is 68.2 Å². The summed E-state index contributed by atoms with van der Waals surface area (Å²) < 4.78 is 44.3. The molecule has 2 bridgehead atoms. The van der Waals surface area contributed by atoms with Crippen molar-refractivity contribution in [2.75, 3.05) is 20.3 Å². The maximum atomic E-state index is 14.2. The van der Waals surface area contributed by atoms with Crippen LogP contribution in [-0.2, 0) is 21.7 Å². The minimum atomic E-state index is -1.57. The molecule has 0 saturated carbocycles. The number of halogens is 2. The van der Waals surface area contributed by atoms with Gasteiger partial charge in [-0.15, -0.1) is 0 Å². The van der Waals surface area contributed by atoms with E-state index in [4.69, 9.17) is 14.2 Å². The van der Waals surface area contributed by atoms with E-state index < -0.39 is 35.4 Å². The van der Waals surface area contributed by atoms with Crippen molar-refractivity contribution in [2.45, 2.75) is 37.1 Å². The standard InChI is InChI=1S/C22H23F2NO5/c1-28-20-18(7-15(23)8-19(20)24)22(27)9-16-12-29-13-17(10-22)25(16)21(26)30-11-14-5-3-2-4-6-14/h2-8,16-17,27H,9-13H2,1H3. The normalized spacial score (nSPS) is 25.7. The van der Waals surface area contributed by atoms with Crippen LogP contribution in [0.4, 0.5) is 13.6 Å². The lowest BCUT2D eigenvalue weighted by Gasteiger charge is -2.51. The largest absolute Gasteiger partial charge is 0.493 e. The molecule has 2 atom stereocenters. The molecule has 2 fully saturated rings. The van der Waals surface area contributed by atoms with Gasteiger partial charge in [0.15, 0.2) is 11.6 Å². The smallest absolute Gasteiger partial charge is 0.410 e. The average molecular weight is 419 g/mol. The number of methoxy groups -OCH3 is 1. The second-order valence-electron chi connectivity index (χ2n) is 7.70. The van der Waals surface area contributed by atoms with E-state index >= 15 is 0 Å². The summed E-state index contributed by atoms with van der Waals surface area (Å²) >= 11 is 0.